The summed E-state index contributed by atoms with van der Waals surface area (Å²) in [6.45, 7) is 3.90. The number of aromatic nitrogens is 4. The number of carbonyl (C=O) groups is 1. The summed E-state index contributed by atoms with van der Waals surface area (Å²) >= 11 is 18.3. The van der Waals surface area contributed by atoms with Gasteiger partial charge >= 0.3 is 0 Å². The molecule has 0 aliphatic carbocycles. The number of benzene rings is 2. The summed E-state index contributed by atoms with van der Waals surface area (Å²) in [6, 6.07) is 10.7. The third-order valence-corrected chi connectivity index (χ3v) is 6.66. The summed E-state index contributed by atoms with van der Waals surface area (Å²) in [5.74, 6) is -0.448. The molecule has 1 unspecified atom stereocenters. The first kappa shape index (κ1) is 24.5. The smallest absolute Gasteiger partial charge is 0.279 e. The van der Waals surface area contributed by atoms with Crippen molar-refractivity contribution in [2.45, 2.75) is 25.9 Å². The molecule has 3 heterocycles. The van der Waals surface area contributed by atoms with Crippen LogP contribution in [-0.4, -0.2) is 32.5 Å². The maximum atomic E-state index is 15.2. The zero-order chi connectivity index (χ0) is 25.7. The predicted octanol–water partition coefficient (Wildman–Crippen LogP) is 6.78. The maximum Gasteiger partial charge on any atom is 0.279 e. The quantitative estimate of drug-likeness (QED) is 0.258. The molecule has 0 fully saturated rings. The van der Waals surface area contributed by atoms with Gasteiger partial charge in [0.2, 0.25) is 5.28 Å². The van der Waals surface area contributed by atoms with E-state index in [1.54, 1.807) is 30.3 Å². The summed E-state index contributed by atoms with van der Waals surface area (Å²) in [4.78, 5) is 28.3. The minimum atomic E-state index is -0.718. The molecule has 4 aromatic rings. The lowest BCUT2D eigenvalue weighted by Crippen LogP contribution is -2.31. The minimum absolute atomic E-state index is 0.00692. The van der Waals surface area contributed by atoms with Crippen molar-refractivity contribution in [1.29, 1.82) is 0 Å². The standard InChI is InChI=1S/C25H19Cl3FN5O2/c1-12(2)33-22-20(31-23(33)19-17(36-3)11-30-25(28)32-19)24(35)34(16-6-4-5-15(27)18(16)29)21(22)13-7-9-14(26)10-8-13/h4-12,21H,1-3H3. The van der Waals surface area contributed by atoms with Crippen molar-refractivity contribution in [2.75, 3.05) is 12.0 Å². The number of halogens is 4. The highest BCUT2D eigenvalue weighted by molar-refractivity contribution is 6.31. The molecule has 0 saturated carbocycles. The Morgan fingerprint density at radius 2 is 1.75 bits per heavy atom. The molecule has 0 radical (unpaired) electrons. The molecule has 2 aromatic heterocycles. The molecular weight excluding hydrogens is 528 g/mol. The second-order valence-electron chi connectivity index (χ2n) is 8.39. The van der Waals surface area contributed by atoms with E-state index >= 15 is 4.39 Å². The molecule has 0 bridgehead atoms. The summed E-state index contributed by atoms with van der Waals surface area (Å²) in [5, 5.41) is 0.446. The molecule has 184 valence electrons. The van der Waals surface area contributed by atoms with Gasteiger partial charge < -0.3 is 9.30 Å². The zero-order valence-corrected chi connectivity index (χ0v) is 21.6. The van der Waals surface area contributed by atoms with Crippen molar-refractivity contribution in [2.24, 2.45) is 0 Å². The number of fused-ring (bicyclic) bond motifs is 1. The normalized spacial score (nSPS) is 15.1. The molecule has 11 heteroatoms. The Morgan fingerprint density at radius 1 is 1.03 bits per heavy atom. The molecule has 0 N–H and O–H groups in total. The summed E-state index contributed by atoms with van der Waals surface area (Å²) in [7, 11) is 1.48. The van der Waals surface area contributed by atoms with Gasteiger partial charge in [0.1, 0.15) is 6.04 Å². The van der Waals surface area contributed by atoms with Crippen molar-refractivity contribution in [3.05, 3.63) is 86.8 Å². The van der Waals surface area contributed by atoms with Crippen LogP contribution in [0.4, 0.5) is 10.1 Å². The van der Waals surface area contributed by atoms with Gasteiger partial charge in [-0.05, 0) is 55.3 Å². The van der Waals surface area contributed by atoms with Crippen molar-refractivity contribution in [1.82, 2.24) is 19.5 Å². The highest BCUT2D eigenvalue weighted by Crippen LogP contribution is 2.46. The van der Waals surface area contributed by atoms with Crippen molar-refractivity contribution in [3.8, 4) is 17.3 Å². The van der Waals surface area contributed by atoms with Gasteiger partial charge in [0.05, 0.1) is 29.7 Å². The maximum absolute atomic E-state index is 15.2. The number of carbonyl (C=O) groups excluding carboxylic acids is 1. The zero-order valence-electron chi connectivity index (χ0n) is 19.3. The Hall–Kier alpha value is -3.20. The molecular formula is C25H19Cl3FN5O2. The highest BCUT2D eigenvalue weighted by atomic mass is 35.5. The van der Waals surface area contributed by atoms with Crippen LogP contribution in [0.3, 0.4) is 0 Å². The average molecular weight is 547 g/mol. The number of imidazole rings is 1. The van der Waals surface area contributed by atoms with E-state index in [0.717, 1.165) is 0 Å². The van der Waals surface area contributed by atoms with Crippen molar-refractivity contribution < 1.29 is 13.9 Å². The van der Waals surface area contributed by atoms with Crippen LogP contribution in [0.5, 0.6) is 5.75 Å². The average Bonchev–Trinajstić information content (AvgIpc) is 3.37. The lowest BCUT2D eigenvalue weighted by Gasteiger charge is -2.29. The fraction of sp³-hybridized carbons (Fsp3) is 0.200. The van der Waals surface area contributed by atoms with Crippen LogP contribution < -0.4 is 9.64 Å². The Bertz CT molecular complexity index is 1490. The molecule has 5 rings (SSSR count). The largest absolute Gasteiger partial charge is 0.493 e. The molecule has 2 aromatic carbocycles. The minimum Gasteiger partial charge on any atom is -0.493 e. The molecule has 0 saturated heterocycles. The SMILES string of the molecule is COc1cnc(Cl)nc1-c1nc2c(n1C(C)C)C(c1ccc(Cl)cc1)N(c1cccc(Cl)c1F)C2=O. The van der Waals surface area contributed by atoms with Gasteiger partial charge in [-0.1, -0.05) is 41.4 Å². The Kier molecular flexibility index (Phi) is 6.36. The van der Waals surface area contributed by atoms with Crippen LogP contribution in [0.2, 0.25) is 15.3 Å². The number of anilines is 1. The van der Waals surface area contributed by atoms with E-state index in [-0.39, 0.29) is 27.7 Å². The monoisotopic (exact) mass is 545 g/mol. The van der Waals surface area contributed by atoms with E-state index in [4.69, 9.17) is 44.5 Å². The van der Waals surface area contributed by atoms with Crippen molar-refractivity contribution in [3.63, 3.8) is 0 Å². The van der Waals surface area contributed by atoms with Gasteiger partial charge in [0.15, 0.2) is 28.8 Å². The topological polar surface area (TPSA) is 73.1 Å². The lowest BCUT2D eigenvalue weighted by atomic mass is 10.0. The number of ether oxygens (including phenoxy) is 1. The predicted molar refractivity (Wildman–Crippen MR) is 137 cm³/mol. The molecule has 1 aliphatic rings. The van der Waals surface area contributed by atoms with Crippen LogP contribution in [0.15, 0.2) is 48.7 Å². The van der Waals surface area contributed by atoms with E-state index in [9.17, 15) is 4.79 Å². The Morgan fingerprint density at radius 3 is 2.42 bits per heavy atom. The lowest BCUT2D eigenvalue weighted by molar-refractivity contribution is 0.0988. The number of rotatable bonds is 5. The summed E-state index contributed by atoms with van der Waals surface area (Å²) in [6.07, 6.45) is 1.45. The Labute approximate surface area is 221 Å². The van der Waals surface area contributed by atoms with Gasteiger partial charge in [-0.2, -0.15) is 0 Å². The molecule has 36 heavy (non-hydrogen) atoms. The third-order valence-electron chi connectivity index (χ3n) is 5.94. The highest BCUT2D eigenvalue weighted by Gasteiger charge is 2.46. The first-order valence-electron chi connectivity index (χ1n) is 10.9. The van der Waals surface area contributed by atoms with E-state index in [1.807, 2.05) is 18.4 Å². The van der Waals surface area contributed by atoms with E-state index < -0.39 is 17.8 Å². The first-order valence-corrected chi connectivity index (χ1v) is 12.1. The Balaban J connectivity index is 1.81. The number of hydrogen-bond acceptors (Lipinski definition) is 5. The van der Waals surface area contributed by atoms with Gasteiger partial charge in [-0.25, -0.2) is 19.3 Å². The van der Waals surface area contributed by atoms with Crippen LogP contribution in [0, 0.1) is 5.82 Å². The summed E-state index contributed by atoms with van der Waals surface area (Å²) in [5.41, 5.74) is 1.83. The van der Waals surface area contributed by atoms with Crippen LogP contribution in [-0.2, 0) is 0 Å². The first-order chi connectivity index (χ1) is 17.2. The number of hydrogen-bond donors (Lipinski definition) is 0. The van der Waals surface area contributed by atoms with Crippen LogP contribution in [0.25, 0.3) is 11.5 Å². The third kappa shape index (κ3) is 3.89. The van der Waals surface area contributed by atoms with Gasteiger partial charge in [-0.15, -0.1) is 0 Å². The number of nitrogens with zero attached hydrogens (tertiary/aromatic N) is 5. The summed E-state index contributed by atoms with van der Waals surface area (Å²) < 4.78 is 22.6. The van der Waals surface area contributed by atoms with Crippen molar-refractivity contribution >= 4 is 46.4 Å². The fourth-order valence-electron chi connectivity index (χ4n) is 4.45. The molecule has 1 aliphatic heterocycles. The van der Waals surface area contributed by atoms with E-state index in [2.05, 4.69) is 9.97 Å². The van der Waals surface area contributed by atoms with E-state index in [1.165, 1.54) is 30.3 Å². The number of methoxy groups -OCH3 is 1. The molecule has 1 atom stereocenters. The number of amides is 1. The van der Waals surface area contributed by atoms with Gasteiger partial charge in [-0.3, -0.25) is 9.69 Å². The van der Waals surface area contributed by atoms with Gasteiger partial charge in [0, 0.05) is 11.1 Å². The fourth-order valence-corrected chi connectivity index (χ4v) is 4.87. The van der Waals surface area contributed by atoms with Gasteiger partial charge in [0.25, 0.3) is 5.91 Å². The van der Waals surface area contributed by atoms with Crippen LogP contribution in [0.1, 0.15) is 47.7 Å². The molecule has 0 spiro atoms. The second kappa shape index (κ2) is 9.35. The van der Waals surface area contributed by atoms with E-state index in [0.29, 0.717) is 33.5 Å². The molecule has 7 nitrogen and oxygen atoms in total. The molecule has 1 amide bonds. The second-order valence-corrected chi connectivity index (χ2v) is 9.57. The van der Waals surface area contributed by atoms with Crippen LogP contribution >= 0.6 is 34.8 Å².